The molecule has 0 saturated heterocycles. The number of ether oxygens (including phenoxy) is 1. The number of nitrogens with one attached hydrogen (secondary N) is 1. The summed E-state index contributed by atoms with van der Waals surface area (Å²) in [5, 5.41) is 23.1. The fourth-order valence-corrected chi connectivity index (χ4v) is 8.78. The standard InChI is InChI=1S/C61H113NO5/c1-3-5-7-9-11-13-15-17-26-31-35-39-43-47-51-55-61(66)67-56-52-48-44-40-36-32-28-25-23-21-19-20-22-24-27-30-34-38-42-46-50-54-60(65)62-58(57-63)59(64)53-49-45-41-37-33-29-18-16-14-12-10-8-6-4-2/h11,13,17,20,22,26,49,53,58-59,63-64H,3-10,12,14-16,18-19,21,23-25,27-48,50-52,54-57H2,1-2H3,(H,62,65)/b13-11-,22-20-,26-17-,53-49+. The maximum absolute atomic E-state index is 12.4. The van der Waals surface area contributed by atoms with Gasteiger partial charge in [-0.15, -0.1) is 0 Å². The van der Waals surface area contributed by atoms with Crippen molar-refractivity contribution >= 4 is 11.9 Å². The van der Waals surface area contributed by atoms with Gasteiger partial charge in [-0.25, -0.2) is 0 Å². The van der Waals surface area contributed by atoms with Gasteiger partial charge in [-0.3, -0.25) is 9.59 Å². The van der Waals surface area contributed by atoms with Gasteiger partial charge in [-0.2, -0.15) is 0 Å². The quantitative estimate of drug-likeness (QED) is 0.0321. The van der Waals surface area contributed by atoms with Crippen molar-refractivity contribution in [3.63, 3.8) is 0 Å². The molecule has 392 valence electrons. The van der Waals surface area contributed by atoms with Gasteiger partial charge in [0.05, 0.1) is 25.4 Å². The number of aliphatic hydroxyl groups excluding tert-OH is 2. The van der Waals surface area contributed by atoms with Crippen molar-refractivity contribution in [3.05, 3.63) is 48.6 Å². The smallest absolute Gasteiger partial charge is 0.305 e. The second-order valence-corrected chi connectivity index (χ2v) is 20.0. The van der Waals surface area contributed by atoms with E-state index >= 15 is 0 Å². The fraction of sp³-hybridized carbons (Fsp3) is 0.836. The Hall–Kier alpha value is -2.18. The molecule has 67 heavy (non-hydrogen) atoms. The largest absolute Gasteiger partial charge is 0.466 e. The van der Waals surface area contributed by atoms with Gasteiger partial charge in [-0.1, -0.05) is 249 Å². The van der Waals surface area contributed by atoms with Crippen molar-refractivity contribution < 1.29 is 24.5 Å². The molecule has 0 aliphatic rings. The van der Waals surface area contributed by atoms with Crippen molar-refractivity contribution in [2.24, 2.45) is 0 Å². The van der Waals surface area contributed by atoms with Crippen molar-refractivity contribution in [2.75, 3.05) is 13.2 Å². The van der Waals surface area contributed by atoms with Crippen LogP contribution >= 0.6 is 0 Å². The molecule has 0 fully saturated rings. The zero-order chi connectivity index (χ0) is 48.6. The molecule has 0 aromatic carbocycles. The van der Waals surface area contributed by atoms with Gasteiger partial charge in [0.25, 0.3) is 0 Å². The number of aliphatic hydroxyl groups is 2. The average Bonchev–Trinajstić information content (AvgIpc) is 3.33. The molecule has 2 atom stereocenters. The lowest BCUT2D eigenvalue weighted by atomic mass is 10.0. The lowest BCUT2D eigenvalue weighted by molar-refractivity contribution is -0.143. The van der Waals surface area contributed by atoms with E-state index in [0.29, 0.717) is 19.4 Å². The third-order valence-corrected chi connectivity index (χ3v) is 13.3. The number of allylic oxidation sites excluding steroid dienone is 7. The van der Waals surface area contributed by atoms with Gasteiger partial charge >= 0.3 is 5.97 Å². The van der Waals surface area contributed by atoms with E-state index in [-0.39, 0.29) is 18.5 Å². The van der Waals surface area contributed by atoms with Crippen molar-refractivity contribution in [1.29, 1.82) is 0 Å². The number of rotatable bonds is 54. The number of unbranched alkanes of at least 4 members (excludes halogenated alkanes) is 37. The van der Waals surface area contributed by atoms with Crippen molar-refractivity contribution in [1.82, 2.24) is 5.32 Å². The van der Waals surface area contributed by atoms with Crippen LogP contribution in [0.2, 0.25) is 0 Å². The van der Waals surface area contributed by atoms with Crippen LogP contribution in [0.1, 0.15) is 303 Å². The highest BCUT2D eigenvalue weighted by Gasteiger charge is 2.18. The molecule has 0 heterocycles. The first-order chi connectivity index (χ1) is 33.0. The fourth-order valence-electron chi connectivity index (χ4n) is 8.78. The van der Waals surface area contributed by atoms with Crippen LogP contribution in [0.4, 0.5) is 0 Å². The molecule has 0 aliphatic heterocycles. The minimum absolute atomic E-state index is 0.00696. The molecule has 0 bridgehead atoms. The number of hydrogen-bond donors (Lipinski definition) is 3. The minimum atomic E-state index is -0.850. The van der Waals surface area contributed by atoms with E-state index in [2.05, 4.69) is 55.6 Å². The van der Waals surface area contributed by atoms with E-state index in [1.165, 1.54) is 218 Å². The zero-order valence-electron chi connectivity index (χ0n) is 44.6. The molecule has 0 aliphatic carbocycles. The Morgan fingerprint density at radius 1 is 0.418 bits per heavy atom. The number of amides is 1. The lowest BCUT2D eigenvalue weighted by Crippen LogP contribution is -2.45. The van der Waals surface area contributed by atoms with Gasteiger partial charge in [0.1, 0.15) is 0 Å². The molecule has 0 radical (unpaired) electrons. The summed E-state index contributed by atoms with van der Waals surface area (Å²) in [5.74, 6) is -0.0832. The molecule has 1 amide bonds. The van der Waals surface area contributed by atoms with Gasteiger partial charge in [0, 0.05) is 12.8 Å². The summed E-state index contributed by atoms with van der Waals surface area (Å²) < 4.78 is 5.47. The second-order valence-electron chi connectivity index (χ2n) is 20.0. The van der Waals surface area contributed by atoms with Crippen LogP contribution in [0.3, 0.4) is 0 Å². The third-order valence-electron chi connectivity index (χ3n) is 13.3. The molecular formula is C61H113NO5. The predicted molar refractivity (Wildman–Crippen MR) is 292 cm³/mol. The molecule has 6 heteroatoms. The molecule has 0 aromatic heterocycles. The van der Waals surface area contributed by atoms with Crippen LogP contribution in [0, 0.1) is 0 Å². The second kappa shape index (κ2) is 56.4. The molecule has 6 nitrogen and oxygen atoms in total. The molecule has 0 rings (SSSR count). The Labute approximate surface area is 416 Å². The van der Waals surface area contributed by atoms with E-state index in [1.807, 2.05) is 6.08 Å². The summed E-state index contributed by atoms with van der Waals surface area (Å²) in [6.45, 7) is 4.86. The minimum Gasteiger partial charge on any atom is -0.466 e. The first-order valence-corrected chi connectivity index (χ1v) is 29.4. The lowest BCUT2D eigenvalue weighted by Gasteiger charge is -2.20. The summed E-state index contributed by atoms with van der Waals surface area (Å²) in [7, 11) is 0. The Balaban J connectivity index is 3.46. The Morgan fingerprint density at radius 2 is 0.746 bits per heavy atom. The van der Waals surface area contributed by atoms with Crippen LogP contribution in [0.25, 0.3) is 0 Å². The maximum atomic E-state index is 12.4. The van der Waals surface area contributed by atoms with E-state index < -0.39 is 12.1 Å². The maximum Gasteiger partial charge on any atom is 0.305 e. The topological polar surface area (TPSA) is 95.9 Å². The van der Waals surface area contributed by atoms with E-state index in [9.17, 15) is 19.8 Å². The van der Waals surface area contributed by atoms with Crippen molar-refractivity contribution in [2.45, 2.75) is 315 Å². The number of carbonyl (C=O) groups is 2. The molecular weight excluding hydrogens is 827 g/mol. The van der Waals surface area contributed by atoms with Gasteiger partial charge in [0.15, 0.2) is 0 Å². The normalized spacial score (nSPS) is 13.0. The zero-order valence-corrected chi connectivity index (χ0v) is 44.6. The first kappa shape index (κ1) is 64.8. The molecule has 0 spiro atoms. The van der Waals surface area contributed by atoms with Gasteiger partial charge < -0.3 is 20.3 Å². The summed E-state index contributed by atoms with van der Waals surface area (Å²) in [6.07, 6.45) is 71.3. The van der Waals surface area contributed by atoms with Crippen LogP contribution in [0.15, 0.2) is 48.6 Å². The van der Waals surface area contributed by atoms with Gasteiger partial charge in [0.2, 0.25) is 5.91 Å². The van der Waals surface area contributed by atoms with E-state index in [4.69, 9.17) is 4.74 Å². The van der Waals surface area contributed by atoms with Crippen LogP contribution in [0.5, 0.6) is 0 Å². The third kappa shape index (κ3) is 53.0. The molecule has 0 aromatic rings. The van der Waals surface area contributed by atoms with Crippen LogP contribution < -0.4 is 5.32 Å². The first-order valence-electron chi connectivity index (χ1n) is 29.4. The summed E-state index contributed by atoms with van der Waals surface area (Å²) in [4.78, 5) is 24.5. The monoisotopic (exact) mass is 940 g/mol. The SMILES string of the molecule is CCCCC/C=C\C/C=C\CCCCCCCC(=O)OCCCCCCCCCCCC/C=C\CCCCCCCCCC(=O)NC(CO)C(O)/C=C/CCCCCCCCCCCCCC. The highest BCUT2D eigenvalue weighted by Crippen LogP contribution is 2.16. The average molecular weight is 941 g/mol. The Morgan fingerprint density at radius 3 is 1.18 bits per heavy atom. The summed E-state index contributed by atoms with van der Waals surface area (Å²) in [6, 6.07) is -0.634. The van der Waals surface area contributed by atoms with E-state index in [0.717, 1.165) is 57.8 Å². The predicted octanol–water partition coefficient (Wildman–Crippen LogP) is 18.2. The number of esters is 1. The van der Waals surface area contributed by atoms with E-state index in [1.54, 1.807) is 6.08 Å². The molecule has 2 unspecified atom stereocenters. The van der Waals surface area contributed by atoms with Crippen LogP contribution in [-0.2, 0) is 14.3 Å². The highest BCUT2D eigenvalue weighted by molar-refractivity contribution is 5.76. The molecule has 0 saturated carbocycles. The summed E-state index contributed by atoms with van der Waals surface area (Å²) >= 11 is 0. The summed E-state index contributed by atoms with van der Waals surface area (Å²) in [5.41, 5.74) is 0. The Bertz CT molecular complexity index is 1130. The molecule has 3 N–H and O–H groups in total. The van der Waals surface area contributed by atoms with Crippen LogP contribution in [-0.4, -0.2) is 47.4 Å². The van der Waals surface area contributed by atoms with Gasteiger partial charge in [-0.05, 0) is 89.9 Å². The number of hydrogen-bond acceptors (Lipinski definition) is 5. The highest BCUT2D eigenvalue weighted by atomic mass is 16.5. The van der Waals surface area contributed by atoms with Crippen molar-refractivity contribution in [3.8, 4) is 0 Å². The number of carbonyl (C=O) groups excluding carboxylic acids is 2. The Kier molecular flexibility index (Phi) is 54.6.